The highest BCUT2D eigenvalue weighted by molar-refractivity contribution is 5.48. The number of rotatable bonds is 2. The Bertz CT molecular complexity index is 422. The Morgan fingerprint density at radius 2 is 1.72 bits per heavy atom. The van der Waals surface area contributed by atoms with E-state index < -0.39 is 0 Å². The van der Waals surface area contributed by atoms with Crippen molar-refractivity contribution in [2.24, 2.45) is 5.84 Å². The molecule has 0 amide bonds. The lowest BCUT2D eigenvalue weighted by molar-refractivity contribution is 0.558. The molecule has 1 fully saturated rings. The van der Waals surface area contributed by atoms with Crippen LogP contribution in [0.2, 0.25) is 0 Å². The molecule has 98 valence electrons. The van der Waals surface area contributed by atoms with Crippen molar-refractivity contribution < 1.29 is 0 Å². The van der Waals surface area contributed by atoms with Crippen molar-refractivity contribution in [1.29, 1.82) is 0 Å². The Morgan fingerprint density at radius 3 is 2.44 bits per heavy atom. The molecule has 0 aromatic carbocycles. The molecule has 0 unspecified atom stereocenters. The molecule has 0 atom stereocenters. The average molecular weight is 246 g/mol. The number of nitrogens with two attached hydrogens (primary N) is 1. The predicted molar refractivity (Wildman–Crippen MR) is 72.3 cm³/mol. The van der Waals surface area contributed by atoms with Crippen LogP contribution in [0.1, 0.15) is 67.9 Å². The van der Waals surface area contributed by atoms with Crippen molar-refractivity contribution in [2.45, 2.75) is 63.7 Å². The van der Waals surface area contributed by atoms with Gasteiger partial charge in [-0.15, -0.1) is 0 Å². The molecule has 2 aliphatic carbocycles. The van der Waals surface area contributed by atoms with E-state index in [2.05, 4.69) is 10.4 Å². The Balaban J connectivity index is 1.91. The van der Waals surface area contributed by atoms with Gasteiger partial charge in [-0.05, 0) is 32.1 Å². The second kappa shape index (κ2) is 5.22. The third kappa shape index (κ3) is 2.21. The molecular weight excluding hydrogens is 224 g/mol. The van der Waals surface area contributed by atoms with Crippen LogP contribution in [-0.4, -0.2) is 9.97 Å². The van der Waals surface area contributed by atoms with E-state index in [0.717, 1.165) is 24.5 Å². The van der Waals surface area contributed by atoms with Crippen LogP contribution in [0.25, 0.3) is 0 Å². The zero-order valence-corrected chi connectivity index (χ0v) is 10.9. The third-order valence-corrected chi connectivity index (χ3v) is 4.31. The van der Waals surface area contributed by atoms with Gasteiger partial charge >= 0.3 is 0 Å². The van der Waals surface area contributed by atoms with Gasteiger partial charge < -0.3 is 5.43 Å². The van der Waals surface area contributed by atoms with Crippen LogP contribution in [0.4, 0.5) is 5.82 Å². The van der Waals surface area contributed by atoms with E-state index in [0.29, 0.717) is 5.92 Å². The molecule has 1 heterocycles. The molecule has 2 aliphatic rings. The second-order valence-corrected chi connectivity index (χ2v) is 5.54. The monoisotopic (exact) mass is 246 g/mol. The minimum absolute atomic E-state index is 0.547. The summed E-state index contributed by atoms with van der Waals surface area (Å²) in [5.41, 5.74) is 5.25. The maximum absolute atomic E-state index is 5.61. The van der Waals surface area contributed by atoms with Crippen molar-refractivity contribution in [3.63, 3.8) is 0 Å². The number of fused-ring (bicyclic) bond motifs is 1. The van der Waals surface area contributed by atoms with Gasteiger partial charge in [-0.3, -0.25) is 0 Å². The van der Waals surface area contributed by atoms with Gasteiger partial charge in [0.15, 0.2) is 0 Å². The molecular formula is C14H22N4. The average Bonchev–Trinajstić information content (AvgIpc) is 2.71. The SMILES string of the molecule is NNc1nc(C2CCCCCC2)nc2c1CCC2. The van der Waals surface area contributed by atoms with Crippen LogP contribution in [0.3, 0.4) is 0 Å². The summed E-state index contributed by atoms with van der Waals surface area (Å²) in [5, 5.41) is 0. The van der Waals surface area contributed by atoms with Crippen molar-refractivity contribution in [3.05, 3.63) is 17.1 Å². The van der Waals surface area contributed by atoms with Crippen LogP contribution in [0, 0.1) is 0 Å². The summed E-state index contributed by atoms with van der Waals surface area (Å²) in [4.78, 5) is 9.50. The quantitative estimate of drug-likeness (QED) is 0.478. The van der Waals surface area contributed by atoms with Gasteiger partial charge in [0.2, 0.25) is 0 Å². The molecule has 0 radical (unpaired) electrons. The normalized spacial score (nSPS) is 20.5. The summed E-state index contributed by atoms with van der Waals surface area (Å²) in [6.45, 7) is 0. The lowest BCUT2D eigenvalue weighted by atomic mass is 9.99. The zero-order chi connectivity index (χ0) is 12.4. The summed E-state index contributed by atoms with van der Waals surface area (Å²) in [7, 11) is 0. The Kier molecular flexibility index (Phi) is 3.46. The number of hydrogen-bond donors (Lipinski definition) is 2. The standard InChI is InChI=1S/C14H22N4/c15-18-14-11-8-5-9-12(11)16-13(17-14)10-6-3-1-2-4-7-10/h10H,1-9,15H2,(H,16,17,18). The van der Waals surface area contributed by atoms with Crippen molar-refractivity contribution in [3.8, 4) is 0 Å². The van der Waals surface area contributed by atoms with Gasteiger partial charge in [0.25, 0.3) is 0 Å². The van der Waals surface area contributed by atoms with Gasteiger partial charge in [-0.1, -0.05) is 25.7 Å². The fourth-order valence-electron chi connectivity index (χ4n) is 3.29. The Hall–Kier alpha value is -1.16. The predicted octanol–water partition coefficient (Wildman–Crippen LogP) is 2.69. The van der Waals surface area contributed by atoms with Crippen molar-refractivity contribution >= 4 is 5.82 Å². The number of nitrogens with zero attached hydrogens (tertiary/aromatic N) is 2. The largest absolute Gasteiger partial charge is 0.308 e. The lowest BCUT2D eigenvalue weighted by Crippen LogP contribution is -2.15. The van der Waals surface area contributed by atoms with Crippen LogP contribution in [-0.2, 0) is 12.8 Å². The topological polar surface area (TPSA) is 63.8 Å². The van der Waals surface area contributed by atoms with Gasteiger partial charge in [-0.2, -0.15) is 0 Å². The summed E-state index contributed by atoms with van der Waals surface area (Å²) in [6.07, 6.45) is 11.2. The van der Waals surface area contributed by atoms with E-state index in [9.17, 15) is 0 Å². The molecule has 1 aromatic rings. The highest BCUT2D eigenvalue weighted by Gasteiger charge is 2.23. The van der Waals surface area contributed by atoms with E-state index in [1.807, 2.05) is 0 Å². The molecule has 4 heteroatoms. The smallest absolute Gasteiger partial charge is 0.147 e. The first-order valence-corrected chi connectivity index (χ1v) is 7.25. The van der Waals surface area contributed by atoms with Crippen molar-refractivity contribution in [2.75, 3.05) is 5.43 Å². The molecule has 0 saturated heterocycles. The number of hydrogen-bond acceptors (Lipinski definition) is 4. The molecule has 1 saturated carbocycles. The van der Waals surface area contributed by atoms with Crippen molar-refractivity contribution in [1.82, 2.24) is 9.97 Å². The number of nitrogens with one attached hydrogen (secondary N) is 1. The third-order valence-electron chi connectivity index (χ3n) is 4.31. The number of hydrazine groups is 1. The fraction of sp³-hybridized carbons (Fsp3) is 0.714. The molecule has 18 heavy (non-hydrogen) atoms. The fourth-order valence-corrected chi connectivity index (χ4v) is 3.29. The van der Waals surface area contributed by atoms with E-state index in [-0.39, 0.29) is 0 Å². The first kappa shape index (κ1) is 11.9. The minimum Gasteiger partial charge on any atom is -0.308 e. The van der Waals surface area contributed by atoms with E-state index >= 15 is 0 Å². The molecule has 3 rings (SSSR count). The number of nitrogen functional groups attached to an aromatic ring is 1. The maximum Gasteiger partial charge on any atom is 0.147 e. The minimum atomic E-state index is 0.547. The maximum atomic E-state index is 5.61. The Labute approximate surface area is 108 Å². The lowest BCUT2D eigenvalue weighted by Gasteiger charge is -2.15. The van der Waals surface area contributed by atoms with E-state index in [1.54, 1.807) is 0 Å². The van der Waals surface area contributed by atoms with Crippen LogP contribution >= 0.6 is 0 Å². The molecule has 0 bridgehead atoms. The first-order chi connectivity index (χ1) is 8.88. The van der Waals surface area contributed by atoms with Crippen LogP contribution in [0.5, 0.6) is 0 Å². The number of anilines is 1. The van der Waals surface area contributed by atoms with Crippen LogP contribution < -0.4 is 11.3 Å². The number of aryl methyl sites for hydroxylation is 1. The highest BCUT2D eigenvalue weighted by atomic mass is 15.3. The summed E-state index contributed by atoms with van der Waals surface area (Å²) >= 11 is 0. The molecule has 0 aliphatic heterocycles. The summed E-state index contributed by atoms with van der Waals surface area (Å²) < 4.78 is 0. The molecule has 3 N–H and O–H groups in total. The number of aromatic nitrogens is 2. The second-order valence-electron chi connectivity index (χ2n) is 5.54. The summed E-state index contributed by atoms with van der Waals surface area (Å²) in [6, 6.07) is 0. The van der Waals surface area contributed by atoms with Gasteiger partial charge in [0.05, 0.1) is 0 Å². The molecule has 1 aromatic heterocycles. The molecule has 0 spiro atoms. The van der Waals surface area contributed by atoms with Gasteiger partial charge in [0, 0.05) is 17.2 Å². The van der Waals surface area contributed by atoms with E-state index in [1.165, 1.54) is 56.2 Å². The van der Waals surface area contributed by atoms with E-state index in [4.69, 9.17) is 10.8 Å². The molecule has 4 nitrogen and oxygen atoms in total. The van der Waals surface area contributed by atoms with Gasteiger partial charge in [-0.25, -0.2) is 15.8 Å². The zero-order valence-electron chi connectivity index (χ0n) is 10.9. The Morgan fingerprint density at radius 1 is 0.944 bits per heavy atom. The van der Waals surface area contributed by atoms with Crippen LogP contribution in [0.15, 0.2) is 0 Å². The summed E-state index contributed by atoms with van der Waals surface area (Å²) in [5.74, 6) is 8.06. The highest BCUT2D eigenvalue weighted by Crippen LogP contribution is 2.33. The van der Waals surface area contributed by atoms with Gasteiger partial charge in [0.1, 0.15) is 11.6 Å². The first-order valence-electron chi connectivity index (χ1n) is 7.25.